The van der Waals surface area contributed by atoms with Gasteiger partial charge in [0.05, 0.1) is 5.69 Å². The average Bonchev–Trinajstić information content (AvgIpc) is 3.08. The summed E-state index contributed by atoms with van der Waals surface area (Å²) < 4.78 is 5.50. The summed E-state index contributed by atoms with van der Waals surface area (Å²) in [6.07, 6.45) is 3.84. The largest absolute Gasteiger partial charge is 0.505 e. The fourth-order valence-corrected chi connectivity index (χ4v) is 3.81. The van der Waals surface area contributed by atoms with Crippen LogP contribution in [0.15, 0.2) is 66.7 Å². The van der Waals surface area contributed by atoms with Gasteiger partial charge in [0.1, 0.15) is 6.61 Å². The summed E-state index contributed by atoms with van der Waals surface area (Å²) in [5, 5.41) is 12.2. The van der Waals surface area contributed by atoms with E-state index in [-0.39, 0.29) is 16.8 Å². The second kappa shape index (κ2) is 9.01. The zero-order valence-electron chi connectivity index (χ0n) is 16.2. The zero-order valence-corrected chi connectivity index (χ0v) is 17.0. The van der Waals surface area contributed by atoms with Crippen LogP contribution < -0.4 is 5.32 Å². The molecule has 1 aromatic heterocycles. The van der Waals surface area contributed by atoms with Gasteiger partial charge in [0.15, 0.2) is 10.9 Å². The van der Waals surface area contributed by atoms with Gasteiger partial charge in [0.25, 0.3) is 0 Å². The molecule has 1 heterocycles. The highest BCUT2D eigenvalue weighted by Crippen LogP contribution is 2.44. The number of hydrogen-bond donors (Lipinski definition) is 2. The van der Waals surface area contributed by atoms with Gasteiger partial charge in [-0.3, -0.25) is 0 Å². The fourth-order valence-electron chi connectivity index (χ4n) is 3.64. The average molecular weight is 421 g/mol. The van der Waals surface area contributed by atoms with Gasteiger partial charge >= 0.3 is 6.09 Å². The van der Waals surface area contributed by atoms with Crippen LogP contribution in [0.1, 0.15) is 29.2 Å². The predicted molar refractivity (Wildman–Crippen MR) is 118 cm³/mol. The third-order valence-corrected chi connectivity index (χ3v) is 5.34. The highest BCUT2D eigenvalue weighted by atomic mass is 35.5. The molecule has 5 nitrogen and oxygen atoms in total. The van der Waals surface area contributed by atoms with Crippen molar-refractivity contribution in [1.82, 2.24) is 10.3 Å². The quantitative estimate of drug-likeness (QED) is 0.414. The van der Waals surface area contributed by atoms with Crippen LogP contribution >= 0.6 is 11.6 Å². The van der Waals surface area contributed by atoms with E-state index in [1.54, 1.807) is 12.1 Å². The van der Waals surface area contributed by atoms with Crippen LogP contribution in [0.2, 0.25) is 5.15 Å². The minimum atomic E-state index is -0.434. The second-order valence-corrected chi connectivity index (χ2v) is 7.35. The highest BCUT2D eigenvalue weighted by molar-refractivity contribution is 6.30. The lowest BCUT2D eigenvalue weighted by Crippen LogP contribution is -2.26. The number of pyridine rings is 1. The van der Waals surface area contributed by atoms with Crippen molar-refractivity contribution in [3.8, 4) is 16.9 Å². The van der Waals surface area contributed by atoms with Crippen molar-refractivity contribution in [3.63, 3.8) is 0 Å². The number of nitrogens with zero attached hydrogens (tertiary/aromatic N) is 1. The first kappa shape index (κ1) is 20.0. The van der Waals surface area contributed by atoms with E-state index in [0.717, 1.165) is 0 Å². The van der Waals surface area contributed by atoms with Crippen molar-refractivity contribution in [2.75, 3.05) is 13.2 Å². The highest BCUT2D eigenvalue weighted by Gasteiger charge is 2.28. The molecule has 2 aromatic carbocycles. The molecule has 152 valence electrons. The number of rotatable bonds is 6. The summed E-state index contributed by atoms with van der Waals surface area (Å²) in [5.74, 6) is -0.000830. The number of benzene rings is 2. The van der Waals surface area contributed by atoms with E-state index in [0.29, 0.717) is 25.3 Å². The van der Waals surface area contributed by atoms with Crippen molar-refractivity contribution in [3.05, 3.63) is 88.7 Å². The van der Waals surface area contributed by atoms with Gasteiger partial charge in [-0.25, -0.2) is 9.78 Å². The van der Waals surface area contributed by atoms with Gasteiger partial charge in [0.2, 0.25) is 0 Å². The monoisotopic (exact) mass is 420 g/mol. The number of halogens is 1. The summed E-state index contributed by atoms with van der Waals surface area (Å²) in [5.41, 5.74) is 5.42. The Hall–Kier alpha value is -3.31. The van der Waals surface area contributed by atoms with Crippen LogP contribution in [-0.4, -0.2) is 29.3 Å². The normalized spacial score (nSPS) is 12.6. The first-order valence-corrected chi connectivity index (χ1v) is 10.1. The maximum Gasteiger partial charge on any atom is 0.407 e. The van der Waals surface area contributed by atoms with Crippen molar-refractivity contribution in [1.29, 1.82) is 0 Å². The van der Waals surface area contributed by atoms with Crippen molar-refractivity contribution >= 4 is 23.8 Å². The SMILES string of the molecule is O=C(NCCC=Cc1ccc(O)c(Cl)n1)OCC1c2ccccc2-c2ccccc21. The summed E-state index contributed by atoms with van der Waals surface area (Å²) >= 11 is 5.78. The Bertz CT molecular complexity index is 1050. The lowest BCUT2D eigenvalue weighted by atomic mass is 9.98. The lowest BCUT2D eigenvalue weighted by Gasteiger charge is -2.14. The van der Waals surface area contributed by atoms with Gasteiger partial charge in [-0.05, 0) is 46.9 Å². The second-order valence-electron chi connectivity index (χ2n) is 6.99. The fraction of sp³-hybridized carbons (Fsp3) is 0.167. The topological polar surface area (TPSA) is 71.5 Å². The van der Waals surface area contributed by atoms with Crippen LogP contribution in [0.4, 0.5) is 4.79 Å². The maximum absolute atomic E-state index is 12.1. The Labute approximate surface area is 180 Å². The summed E-state index contributed by atoms with van der Waals surface area (Å²) in [6.45, 7) is 0.741. The molecule has 0 fully saturated rings. The standard InChI is InChI=1S/C24H21ClN2O3/c25-23-22(28)13-12-16(27-23)7-5-6-14-26-24(29)30-15-21-19-10-3-1-8-17(19)18-9-2-4-11-20(18)21/h1-5,7-13,21,28H,6,14-15H2,(H,26,29). The van der Waals surface area contributed by atoms with Crippen molar-refractivity contribution in [2.24, 2.45) is 0 Å². The number of carbonyl (C=O) groups excluding carboxylic acids is 1. The molecule has 3 aromatic rings. The van der Waals surface area contributed by atoms with Crippen molar-refractivity contribution in [2.45, 2.75) is 12.3 Å². The molecule has 0 spiro atoms. The lowest BCUT2D eigenvalue weighted by molar-refractivity contribution is 0.143. The molecule has 0 aliphatic heterocycles. The molecule has 1 aliphatic rings. The Balaban J connectivity index is 1.27. The van der Waals surface area contributed by atoms with Crippen LogP contribution in [0, 0.1) is 0 Å². The number of hydrogen-bond acceptors (Lipinski definition) is 4. The van der Waals surface area contributed by atoms with Gasteiger partial charge in [-0.2, -0.15) is 0 Å². The van der Waals surface area contributed by atoms with E-state index in [1.807, 2.05) is 30.3 Å². The molecule has 1 amide bonds. The molecule has 2 N–H and O–H groups in total. The molecule has 1 aliphatic carbocycles. The third kappa shape index (κ3) is 4.31. The van der Waals surface area contributed by atoms with Crippen molar-refractivity contribution < 1.29 is 14.6 Å². The smallest absolute Gasteiger partial charge is 0.407 e. The molecule has 0 saturated heterocycles. The number of aromatic nitrogens is 1. The summed E-state index contributed by atoms with van der Waals surface area (Å²) in [6, 6.07) is 19.6. The Morgan fingerprint density at radius 1 is 1.07 bits per heavy atom. The van der Waals surface area contributed by atoms with E-state index < -0.39 is 6.09 Å². The molecule has 0 saturated carbocycles. The molecular weight excluding hydrogens is 400 g/mol. The third-order valence-electron chi connectivity index (χ3n) is 5.06. The number of alkyl carbamates (subject to hydrolysis) is 1. The molecule has 30 heavy (non-hydrogen) atoms. The molecule has 0 bridgehead atoms. The first-order chi connectivity index (χ1) is 14.6. The number of amides is 1. The van der Waals surface area contributed by atoms with Crippen LogP contribution in [0.3, 0.4) is 0 Å². The minimum absolute atomic E-state index is 0.0494. The first-order valence-electron chi connectivity index (χ1n) is 9.74. The molecule has 0 unspecified atom stereocenters. The van der Waals surface area contributed by atoms with Gasteiger partial charge < -0.3 is 15.2 Å². The number of carbonyl (C=O) groups is 1. The van der Waals surface area contributed by atoms with E-state index in [2.05, 4.69) is 34.6 Å². The van der Waals surface area contributed by atoms with E-state index in [4.69, 9.17) is 16.3 Å². The summed E-state index contributed by atoms with van der Waals surface area (Å²) in [7, 11) is 0. The van der Waals surface area contributed by atoms with Crippen LogP contribution in [0.25, 0.3) is 17.2 Å². The number of fused-ring (bicyclic) bond motifs is 3. The van der Waals surface area contributed by atoms with E-state index >= 15 is 0 Å². The maximum atomic E-state index is 12.1. The predicted octanol–water partition coefficient (Wildman–Crippen LogP) is 5.38. The van der Waals surface area contributed by atoms with Crippen LogP contribution in [-0.2, 0) is 4.74 Å². The number of nitrogens with one attached hydrogen (secondary N) is 1. The molecule has 0 radical (unpaired) electrons. The van der Waals surface area contributed by atoms with Gasteiger partial charge in [0, 0.05) is 12.5 Å². The molecular formula is C24H21ClN2O3. The van der Waals surface area contributed by atoms with Gasteiger partial charge in [-0.15, -0.1) is 0 Å². The molecule has 0 atom stereocenters. The summed E-state index contributed by atoms with van der Waals surface area (Å²) in [4.78, 5) is 16.2. The Morgan fingerprint density at radius 3 is 2.40 bits per heavy atom. The number of aromatic hydroxyl groups is 1. The molecule has 6 heteroatoms. The number of ether oxygens (including phenoxy) is 1. The zero-order chi connectivity index (χ0) is 20.9. The minimum Gasteiger partial charge on any atom is -0.505 e. The Kier molecular flexibility index (Phi) is 6.00. The van der Waals surface area contributed by atoms with Crippen LogP contribution in [0.5, 0.6) is 5.75 Å². The van der Waals surface area contributed by atoms with E-state index in [9.17, 15) is 9.90 Å². The van der Waals surface area contributed by atoms with E-state index in [1.165, 1.54) is 28.3 Å². The Morgan fingerprint density at radius 2 is 1.73 bits per heavy atom. The molecule has 4 rings (SSSR count). The van der Waals surface area contributed by atoms with Gasteiger partial charge in [-0.1, -0.05) is 66.2 Å².